The van der Waals surface area contributed by atoms with Crippen LogP contribution in [0.4, 0.5) is 0 Å². The Hall–Kier alpha value is -1.84. The van der Waals surface area contributed by atoms with Crippen LogP contribution < -0.4 is 5.32 Å². The van der Waals surface area contributed by atoms with Gasteiger partial charge in [0.15, 0.2) is 0 Å². The maximum atomic E-state index is 12.6. The molecule has 1 N–H and O–H groups in total. The Balaban J connectivity index is 2.19. The number of likely N-dealkylation sites (tertiary alicyclic amines) is 1. The molecule has 1 heterocycles. The minimum Gasteiger partial charge on any atom is -0.341 e. The third kappa shape index (κ3) is 3.38. The van der Waals surface area contributed by atoms with E-state index in [-0.39, 0.29) is 17.7 Å². The quantitative estimate of drug-likeness (QED) is 0.914. The maximum Gasteiger partial charge on any atom is 0.249 e. The lowest BCUT2D eigenvalue weighted by molar-refractivity contribution is -0.136. The number of carbonyl (C=O) groups is 2. The predicted molar refractivity (Wildman–Crippen MR) is 78.0 cm³/mol. The molecule has 2 amide bonds. The van der Waals surface area contributed by atoms with Crippen molar-refractivity contribution in [1.82, 2.24) is 10.2 Å². The van der Waals surface area contributed by atoms with Crippen molar-refractivity contribution in [1.29, 1.82) is 0 Å². The molecule has 1 saturated heterocycles. The molecule has 0 aliphatic carbocycles. The molecule has 1 aromatic carbocycles. The summed E-state index contributed by atoms with van der Waals surface area (Å²) in [5.74, 6) is -0.221. The number of nitrogens with one attached hydrogen (secondary N) is 1. The van der Waals surface area contributed by atoms with E-state index in [1.807, 2.05) is 49.1 Å². The summed E-state index contributed by atoms with van der Waals surface area (Å²) in [6.45, 7) is 5.24. The van der Waals surface area contributed by atoms with Crippen LogP contribution in [0.3, 0.4) is 0 Å². The molecule has 20 heavy (non-hydrogen) atoms. The van der Waals surface area contributed by atoms with Crippen LogP contribution in [-0.4, -0.2) is 29.8 Å². The van der Waals surface area contributed by atoms with Gasteiger partial charge in [0.05, 0.1) is 0 Å². The molecule has 0 bridgehead atoms. The third-order valence-electron chi connectivity index (χ3n) is 3.61. The normalized spacial score (nSPS) is 16.2. The minimum absolute atomic E-state index is 0.00250. The van der Waals surface area contributed by atoms with Crippen LogP contribution in [0.1, 0.15) is 38.3 Å². The predicted octanol–water partition coefficient (Wildman–Crippen LogP) is 2.12. The summed E-state index contributed by atoms with van der Waals surface area (Å²) in [4.78, 5) is 26.4. The molecule has 1 aliphatic heterocycles. The molecule has 108 valence electrons. The number of amides is 2. The van der Waals surface area contributed by atoms with Gasteiger partial charge in [-0.05, 0) is 18.4 Å². The topological polar surface area (TPSA) is 49.4 Å². The monoisotopic (exact) mass is 274 g/mol. The van der Waals surface area contributed by atoms with E-state index in [1.165, 1.54) is 0 Å². The van der Waals surface area contributed by atoms with Crippen LogP contribution in [0.25, 0.3) is 0 Å². The number of carbonyl (C=O) groups excluding carboxylic acids is 2. The van der Waals surface area contributed by atoms with Crippen molar-refractivity contribution in [2.45, 2.75) is 32.7 Å². The average molecular weight is 274 g/mol. The largest absolute Gasteiger partial charge is 0.341 e. The van der Waals surface area contributed by atoms with Crippen LogP contribution in [-0.2, 0) is 9.59 Å². The molecule has 1 atom stereocenters. The molecular formula is C16H22N2O2. The molecule has 0 saturated carbocycles. The number of hydrogen-bond donors (Lipinski definition) is 1. The average Bonchev–Trinajstić information content (AvgIpc) is 2.98. The van der Waals surface area contributed by atoms with Crippen molar-refractivity contribution < 1.29 is 9.59 Å². The van der Waals surface area contributed by atoms with Gasteiger partial charge in [0.25, 0.3) is 0 Å². The SMILES string of the molecule is CC(C)C(=O)N[C@H](C(=O)N1CCCC1)c1ccccc1. The molecule has 0 unspecified atom stereocenters. The summed E-state index contributed by atoms with van der Waals surface area (Å²) in [5, 5.41) is 2.88. The van der Waals surface area contributed by atoms with Crippen LogP contribution in [0.15, 0.2) is 30.3 Å². The fourth-order valence-electron chi connectivity index (χ4n) is 2.36. The van der Waals surface area contributed by atoms with E-state index < -0.39 is 6.04 Å². The second-order valence-corrected chi connectivity index (χ2v) is 5.54. The molecule has 1 fully saturated rings. The summed E-state index contributed by atoms with van der Waals surface area (Å²) in [5.41, 5.74) is 0.846. The highest BCUT2D eigenvalue weighted by Crippen LogP contribution is 2.19. The second kappa shape index (κ2) is 6.55. The molecule has 0 spiro atoms. The van der Waals surface area contributed by atoms with Crippen molar-refractivity contribution in [2.75, 3.05) is 13.1 Å². The summed E-state index contributed by atoms with van der Waals surface area (Å²) in [6.07, 6.45) is 2.09. The molecule has 2 rings (SSSR count). The Kier molecular flexibility index (Phi) is 4.77. The molecule has 0 radical (unpaired) electrons. The standard InChI is InChI=1S/C16H22N2O2/c1-12(2)15(19)17-14(13-8-4-3-5-9-13)16(20)18-10-6-7-11-18/h3-5,8-9,12,14H,6-7,10-11H2,1-2H3,(H,17,19)/t14-/m0/s1. The molecule has 4 heteroatoms. The minimum atomic E-state index is -0.566. The van der Waals surface area contributed by atoms with Gasteiger partial charge in [-0.15, -0.1) is 0 Å². The Morgan fingerprint density at radius 2 is 1.70 bits per heavy atom. The lowest BCUT2D eigenvalue weighted by Gasteiger charge is -2.25. The van der Waals surface area contributed by atoms with Gasteiger partial charge in [0.1, 0.15) is 6.04 Å². The second-order valence-electron chi connectivity index (χ2n) is 5.54. The summed E-state index contributed by atoms with van der Waals surface area (Å²) in [7, 11) is 0. The van der Waals surface area contributed by atoms with E-state index in [1.54, 1.807) is 0 Å². The smallest absolute Gasteiger partial charge is 0.249 e. The van der Waals surface area contributed by atoms with Gasteiger partial charge >= 0.3 is 0 Å². The molecule has 1 aliphatic rings. The van der Waals surface area contributed by atoms with Gasteiger partial charge in [-0.3, -0.25) is 9.59 Å². The van der Waals surface area contributed by atoms with Crippen LogP contribution in [0.2, 0.25) is 0 Å². The van der Waals surface area contributed by atoms with Gasteiger partial charge in [0, 0.05) is 19.0 Å². The highest BCUT2D eigenvalue weighted by molar-refractivity contribution is 5.89. The third-order valence-corrected chi connectivity index (χ3v) is 3.61. The van der Waals surface area contributed by atoms with Crippen LogP contribution >= 0.6 is 0 Å². The molecular weight excluding hydrogens is 252 g/mol. The first-order valence-corrected chi connectivity index (χ1v) is 7.23. The van der Waals surface area contributed by atoms with E-state index in [0.29, 0.717) is 0 Å². The fraction of sp³-hybridized carbons (Fsp3) is 0.500. The van der Waals surface area contributed by atoms with E-state index in [2.05, 4.69) is 5.32 Å². The van der Waals surface area contributed by atoms with Gasteiger partial charge in [-0.25, -0.2) is 0 Å². The molecule has 1 aromatic rings. The highest BCUT2D eigenvalue weighted by atomic mass is 16.2. The van der Waals surface area contributed by atoms with E-state index in [9.17, 15) is 9.59 Å². The number of rotatable bonds is 4. The van der Waals surface area contributed by atoms with Crippen LogP contribution in [0, 0.1) is 5.92 Å². The first kappa shape index (κ1) is 14.6. The lowest BCUT2D eigenvalue weighted by atomic mass is 10.0. The van der Waals surface area contributed by atoms with Crippen molar-refractivity contribution in [3.8, 4) is 0 Å². The highest BCUT2D eigenvalue weighted by Gasteiger charge is 2.29. The zero-order valence-electron chi connectivity index (χ0n) is 12.1. The van der Waals surface area contributed by atoms with Crippen molar-refractivity contribution in [3.05, 3.63) is 35.9 Å². The number of hydrogen-bond acceptors (Lipinski definition) is 2. The zero-order valence-corrected chi connectivity index (χ0v) is 12.1. The van der Waals surface area contributed by atoms with Gasteiger partial charge in [-0.1, -0.05) is 44.2 Å². The Morgan fingerprint density at radius 3 is 2.25 bits per heavy atom. The number of nitrogens with zero attached hydrogens (tertiary/aromatic N) is 1. The lowest BCUT2D eigenvalue weighted by Crippen LogP contribution is -2.43. The Bertz CT molecular complexity index is 465. The maximum absolute atomic E-state index is 12.6. The molecule has 4 nitrogen and oxygen atoms in total. The van der Waals surface area contributed by atoms with E-state index in [4.69, 9.17) is 0 Å². The molecule has 0 aromatic heterocycles. The summed E-state index contributed by atoms with van der Waals surface area (Å²) < 4.78 is 0. The van der Waals surface area contributed by atoms with E-state index >= 15 is 0 Å². The number of benzene rings is 1. The zero-order chi connectivity index (χ0) is 14.5. The summed E-state index contributed by atoms with van der Waals surface area (Å²) >= 11 is 0. The first-order valence-electron chi connectivity index (χ1n) is 7.23. The van der Waals surface area contributed by atoms with Crippen molar-refractivity contribution in [3.63, 3.8) is 0 Å². The van der Waals surface area contributed by atoms with Crippen molar-refractivity contribution >= 4 is 11.8 Å². The first-order chi connectivity index (χ1) is 9.59. The summed E-state index contributed by atoms with van der Waals surface area (Å²) in [6, 6.07) is 8.90. The van der Waals surface area contributed by atoms with Gasteiger partial charge in [0.2, 0.25) is 11.8 Å². The van der Waals surface area contributed by atoms with Gasteiger partial charge < -0.3 is 10.2 Å². The van der Waals surface area contributed by atoms with Gasteiger partial charge in [-0.2, -0.15) is 0 Å². The van der Waals surface area contributed by atoms with E-state index in [0.717, 1.165) is 31.5 Å². The van der Waals surface area contributed by atoms with Crippen LogP contribution in [0.5, 0.6) is 0 Å². The Morgan fingerprint density at radius 1 is 1.10 bits per heavy atom. The van der Waals surface area contributed by atoms with Crippen molar-refractivity contribution in [2.24, 2.45) is 5.92 Å². The Labute approximate surface area is 120 Å². The fourth-order valence-corrected chi connectivity index (χ4v) is 2.36.